The van der Waals surface area contributed by atoms with Gasteiger partial charge in [0.1, 0.15) is 6.54 Å². The van der Waals surface area contributed by atoms with Crippen molar-refractivity contribution < 1.29 is 14.4 Å². The van der Waals surface area contributed by atoms with Crippen molar-refractivity contribution >= 4 is 23.4 Å². The smallest absolute Gasteiger partial charge is 0.262 e. The van der Waals surface area contributed by atoms with Crippen LogP contribution in [0.15, 0.2) is 18.2 Å². The summed E-state index contributed by atoms with van der Waals surface area (Å²) in [5, 5.41) is 0. The number of rotatable bonds is 2. The monoisotopic (exact) mass is 273 g/mol. The number of imide groups is 1. The van der Waals surface area contributed by atoms with E-state index in [9.17, 15) is 14.4 Å². The minimum absolute atomic E-state index is 0.176. The van der Waals surface area contributed by atoms with E-state index in [1.54, 1.807) is 11.0 Å². The van der Waals surface area contributed by atoms with E-state index in [-0.39, 0.29) is 18.0 Å². The molecular formula is C14H15N3O3. The molecule has 6 heteroatoms. The lowest BCUT2D eigenvalue weighted by Crippen LogP contribution is -2.41. The van der Waals surface area contributed by atoms with Gasteiger partial charge >= 0.3 is 0 Å². The lowest BCUT2D eigenvalue weighted by Gasteiger charge is -2.19. The SMILES string of the molecule is Nc1ccc2c(c1)C(=O)N(CC(=O)N1CCCC1)C2=O. The average molecular weight is 273 g/mol. The normalized spacial score (nSPS) is 17.8. The van der Waals surface area contributed by atoms with Crippen molar-refractivity contribution in [2.75, 3.05) is 25.4 Å². The van der Waals surface area contributed by atoms with E-state index in [2.05, 4.69) is 0 Å². The number of carbonyl (C=O) groups excluding carboxylic acids is 3. The third kappa shape index (κ3) is 1.93. The molecular weight excluding hydrogens is 258 g/mol. The fourth-order valence-corrected chi connectivity index (χ4v) is 2.65. The van der Waals surface area contributed by atoms with Crippen molar-refractivity contribution in [1.29, 1.82) is 0 Å². The van der Waals surface area contributed by atoms with Crippen LogP contribution in [0, 0.1) is 0 Å². The van der Waals surface area contributed by atoms with Crippen LogP contribution in [-0.4, -0.2) is 47.2 Å². The minimum Gasteiger partial charge on any atom is -0.399 e. The van der Waals surface area contributed by atoms with Gasteiger partial charge in [-0.25, -0.2) is 0 Å². The fraction of sp³-hybridized carbons (Fsp3) is 0.357. The van der Waals surface area contributed by atoms with Gasteiger partial charge < -0.3 is 10.6 Å². The molecule has 104 valence electrons. The summed E-state index contributed by atoms with van der Waals surface area (Å²) in [4.78, 5) is 39.1. The second-order valence-corrected chi connectivity index (χ2v) is 5.09. The van der Waals surface area contributed by atoms with Crippen molar-refractivity contribution in [1.82, 2.24) is 9.80 Å². The second-order valence-electron chi connectivity index (χ2n) is 5.09. The number of nitrogens with zero attached hydrogens (tertiary/aromatic N) is 2. The summed E-state index contributed by atoms with van der Waals surface area (Å²) < 4.78 is 0. The van der Waals surface area contributed by atoms with E-state index < -0.39 is 11.8 Å². The van der Waals surface area contributed by atoms with Gasteiger partial charge in [0.2, 0.25) is 5.91 Å². The summed E-state index contributed by atoms with van der Waals surface area (Å²) in [6, 6.07) is 4.59. The number of hydrogen-bond acceptors (Lipinski definition) is 4. The van der Waals surface area contributed by atoms with Crippen molar-refractivity contribution in [3.63, 3.8) is 0 Å². The fourth-order valence-electron chi connectivity index (χ4n) is 2.65. The zero-order valence-corrected chi connectivity index (χ0v) is 11.0. The van der Waals surface area contributed by atoms with Gasteiger partial charge in [-0.15, -0.1) is 0 Å². The molecule has 2 aliphatic rings. The second kappa shape index (κ2) is 4.63. The Balaban J connectivity index is 1.81. The molecule has 1 saturated heterocycles. The summed E-state index contributed by atoms with van der Waals surface area (Å²) in [6.07, 6.45) is 1.95. The van der Waals surface area contributed by atoms with Crippen LogP contribution in [0.4, 0.5) is 5.69 Å². The predicted molar refractivity (Wildman–Crippen MR) is 72.0 cm³/mol. The third-order valence-electron chi connectivity index (χ3n) is 3.75. The highest BCUT2D eigenvalue weighted by Gasteiger charge is 2.37. The first kappa shape index (κ1) is 12.7. The minimum atomic E-state index is -0.440. The highest BCUT2D eigenvalue weighted by molar-refractivity contribution is 6.22. The molecule has 0 spiro atoms. The maximum Gasteiger partial charge on any atom is 0.262 e. The number of hydrogen-bond donors (Lipinski definition) is 1. The molecule has 1 aromatic carbocycles. The van der Waals surface area contributed by atoms with Gasteiger partial charge in [-0.3, -0.25) is 19.3 Å². The molecule has 1 fully saturated rings. The quantitative estimate of drug-likeness (QED) is 0.627. The van der Waals surface area contributed by atoms with E-state index in [4.69, 9.17) is 5.73 Å². The number of nitrogen functional groups attached to an aromatic ring is 1. The van der Waals surface area contributed by atoms with Crippen LogP contribution >= 0.6 is 0 Å². The van der Waals surface area contributed by atoms with Crippen LogP contribution < -0.4 is 5.73 Å². The highest BCUT2D eigenvalue weighted by atomic mass is 16.2. The molecule has 0 atom stereocenters. The molecule has 2 N–H and O–H groups in total. The first-order valence-corrected chi connectivity index (χ1v) is 6.61. The highest BCUT2D eigenvalue weighted by Crippen LogP contribution is 2.25. The van der Waals surface area contributed by atoms with E-state index in [1.165, 1.54) is 12.1 Å². The Morgan fingerprint density at radius 3 is 2.45 bits per heavy atom. The summed E-state index contributed by atoms with van der Waals surface area (Å²) >= 11 is 0. The Morgan fingerprint density at radius 1 is 1.10 bits per heavy atom. The van der Waals surface area contributed by atoms with Gasteiger partial charge in [-0.2, -0.15) is 0 Å². The molecule has 3 rings (SSSR count). The van der Waals surface area contributed by atoms with Gasteiger partial charge in [0.05, 0.1) is 11.1 Å². The Labute approximate surface area is 116 Å². The predicted octanol–water partition coefficient (Wildman–Crippen LogP) is 0.487. The number of carbonyl (C=O) groups is 3. The molecule has 2 aliphatic heterocycles. The molecule has 0 bridgehead atoms. The topological polar surface area (TPSA) is 83.7 Å². The maximum atomic E-state index is 12.2. The zero-order chi connectivity index (χ0) is 14.3. The van der Waals surface area contributed by atoms with Crippen LogP contribution in [0.2, 0.25) is 0 Å². The molecule has 2 heterocycles. The molecule has 6 nitrogen and oxygen atoms in total. The maximum absolute atomic E-state index is 12.2. The Bertz CT molecular complexity index is 606. The van der Waals surface area contributed by atoms with Gasteiger partial charge in [0.15, 0.2) is 0 Å². The molecule has 0 radical (unpaired) electrons. The molecule has 0 saturated carbocycles. The molecule has 0 unspecified atom stereocenters. The van der Waals surface area contributed by atoms with Crippen molar-refractivity contribution in [3.8, 4) is 0 Å². The average Bonchev–Trinajstić information content (AvgIpc) is 3.03. The van der Waals surface area contributed by atoms with Crippen LogP contribution in [0.3, 0.4) is 0 Å². The van der Waals surface area contributed by atoms with E-state index in [1.807, 2.05) is 0 Å². The van der Waals surface area contributed by atoms with Gasteiger partial charge in [0, 0.05) is 18.8 Å². The number of nitrogens with two attached hydrogens (primary N) is 1. The number of amides is 3. The van der Waals surface area contributed by atoms with E-state index in [0.29, 0.717) is 24.3 Å². The Morgan fingerprint density at radius 2 is 1.75 bits per heavy atom. The van der Waals surface area contributed by atoms with Crippen LogP contribution in [-0.2, 0) is 4.79 Å². The zero-order valence-electron chi connectivity index (χ0n) is 11.0. The van der Waals surface area contributed by atoms with Crippen LogP contribution in [0.5, 0.6) is 0 Å². The largest absolute Gasteiger partial charge is 0.399 e. The summed E-state index contributed by atoms with van der Waals surface area (Å²) in [5.41, 5.74) is 6.66. The first-order valence-electron chi connectivity index (χ1n) is 6.61. The van der Waals surface area contributed by atoms with Gasteiger partial charge in [-0.1, -0.05) is 0 Å². The molecule has 0 aromatic heterocycles. The first-order chi connectivity index (χ1) is 9.58. The molecule has 0 aliphatic carbocycles. The molecule has 1 aromatic rings. The Hall–Kier alpha value is -2.37. The summed E-state index contributed by atoms with van der Waals surface area (Å²) in [7, 11) is 0. The van der Waals surface area contributed by atoms with Crippen molar-refractivity contribution in [2.45, 2.75) is 12.8 Å². The number of likely N-dealkylation sites (tertiary alicyclic amines) is 1. The standard InChI is InChI=1S/C14H15N3O3/c15-9-3-4-10-11(7-9)14(20)17(13(10)19)8-12(18)16-5-1-2-6-16/h3-4,7H,1-2,5-6,8,15H2. The van der Waals surface area contributed by atoms with Crippen LogP contribution in [0.25, 0.3) is 0 Å². The Kier molecular flexibility index (Phi) is 2.93. The summed E-state index contributed by atoms with van der Waals surface area (Å²) in [5.74, 6) is -1.03. The lowest BCUT2D eigenvalue weighted by molar-refractivity contribution is -0.130. The van der Waals surface area contributed by atoms with E-state index in [0.717, 1.165) is 17.7 Å². The number of anilines is 1. The molecule has 3 amide bonds. The third-order valence-corrected chi connectivity index (χ3v) is 3.75. The molecule has 20 heavy (non-hydrogen) atoms. The van der Waals surface area contributed by atoms with Crippen LogP contribution in [0.1, 0.15) is 33.6 Å². The van der Waals surface area contributed by atoms with E-state index >= 15 is 0 Å². The summed E-state index contributed by atoms with van der Waals surface area (Å²) in [6.45, 7) is 1.22. The van der Waals surface area contributed by atoms with Crippen molar-refractivity contribution in [2.24, 2.45) is 0 Å². The number of benzene rings is 1. The lowest BCUT2D eigenvalue weighted by atomic mass is 10.1. The van der Waals surface area contributed by atoms with Crippen molar-refractivity contribution in [3.05, 3.63) is 29.3 Å². The van der Waals surface area contributed by atoms with Gasteiger partial charge in [-0.05, 0) is 31.0 Å². The number of fused-ring (bicyclic) bond motifs is 1. The van der Waals surface area contributed by atoms with Gasteiger partial charge in [0.25, 0.3) is 11.8 Å².